The van der Waals surface area contributed by atoms with Crippen LogP contribution in [0.4, 0.5) is 5.82 Å². The number of rotatable bonds is 4. The Hall–Kier alpha value is -2.69. The van der Waals surface area contributed by atoms with Crippen molar-refractivity contribution in [3.63, 3.8) is 0 Å². The monoisotopic (exact) mass is 266 g/mol. The van der Waals surface area contributed by atoms with Gasteiger partial charge < -0.3 is 10.3 Å². The lowest BCUT2D eigenvalue weighted by molar-refractivity contribution is -0.115. The first kappa shape index (κ1) is 12.3. The van der Waals surface area contributed by atoms with Crippen LogP contribution in [0.25, 0.3) is 22.2 Å². The molecule has 3 aromatic rings. The standard InChI is InChI=1S/C15H14N4O/c1-10(20)8-17-15-7-6-14(18-19-15)12-9-16-13-5-3-2-4-11(12)13/h2-7,9,16H,8H2,1H3,(H,17,19). The third kappa shape index (κ3) is 2.38. The molecule has 0 aliphatic carbocycles. The van der Waals surface area contributed by atoms with Gasteiger partial charge >= 0.3 is 0 Å². The molecule has 1 aromatic carbocycles. The predicted octanol–water partition coefficient (Wildman–Crippen LogP) is 2.63. The second-order valence-electron chi connectivity index (χ2n) is 4.61. The maximum absolute atomic E-state index is 10.9. The molecule has 20 heavy (non-hydrogen) atoms. The highest BCUT2D eigenvalue weighted by molar-refractivity contribution is 5.94. The Morgan fingerprint density at radius 1 is 1.20 bits per heavy atom. The number of fused-ring (bicyclic) bond motifs is 1. The van der Waals surface area contributed by atoms with Crippen LogP contribution in [0.15, 0.2) is 42.6 Å². The molecule has 2 heterocycles. The van der Waals surface area contributed by atoms with Crippen molar-refractivity contribution in [2.24, 2.45) is 0 Å². The molecule has 0 bridgehead atoms. The van der Waals surface area contributed by atoms with Gasteiger partial charge in [-0.05, 0) is 25.1 Å². The van der Waals surface area contributed by atoms with E-state index < -0.39 is 0 Å². The lowest BCUT2D eigenvalue weighted by atomic mass is 10.1. The SMILES string of the molecule is CC(=O)CNc1ccc(-c2c[nH]c3ccccc23)nn1. The lowest BCUT2D eigenvalue weighted by Gasteiger charge is -2.03. The van der Waals surface area contributed by atoms with Crippen molar-refractivity contribution in [3.05, 3.63) is 42.6 Å². The first-order chi connectivity index (χ1) is 9.74. The predicted molar refractivity (Wildman–Crippen MR) is 78.5 cm³/mol. The average molecular weight is 266 g/mol. The summed E-state index contributed by atoms with van der Waals surface area (Å²) in [7, 11) is 0. The summed E-state index contributed by atoms with van der Waals surface area (Å²) in [6, 6.07) is 11.8. The fourth-order valence-electron chi connectivity index (χ4n) is 2.07. The Kier molecular flexibility index (Phi) is 3.16. The number of benzene rings is 1. The van der Waals surface area contributed by atoms with Crippen LogP contribution in [0.1, 0.15) is 6.92 Å². The van der Waals surface area contributed by atoms with E-state index in [9.17, 15) is 4.79 Å². The minimum absolute atomic E-state index is 0.0625. The van der Waals surface area contributed by atoms with Crippen molar-refractivity contribution < 1.29 is 4.79 Å². The summed E-state index contributed by atoms with van der Waals surface area (Å²) >= 11 is 0. The lowest BCUT2D eigenvalue weighted by Crippen LogP contribution is -2.11. The molecule has 0 atom stereocenters. The first-order valence-corrected chi connectivity index (χ1v) is 6.37. The van der Waals surface area contributed by atoms with Crippen LogP contribution in [0, 0.1) is 0 Å². The number of aromatic amines is 1. The number of hydrogen-bond acceptors (Lipinski definition) is 4. The quantitative estimate of drug-likeness (QED) is 0.761. The van der Waals surface area contributed by atoms with Gasteiger partial charge in [0.25, 0.3) is 0 Å². The summed E-state index contributed by atoms with van der Waals surface area (Å²) in [4.78, 5) is 14.1. The van der Waals surface area contributed by atoms with Gasteiger partial charge in [-0.15, -0.1) is 10.2 Å². The number of hydrogen-bond donors (Lipinski definition) is 2. The molecule has 0 aliphatic rings. The van der Waals surface area contributed by atoms with E-state index in [4.69, 9.17) is 0 Å². The summed E-state index contributed by atoms with van der Waals surface area (Å²) in [5, 5.41) is 12.3. The Labute approximate surface area is 116 Å². The topological polar surface area (TPSA) is 70.7 Å². The number of ketones is 1. The smallest absolute Gasteiger partial charge is 0.149 e. The van der Waals surface area contributed by atoms with Crippen molar-refractivity contribution in [2.75, 3.05) is 11.9 Å². The van der Waals surface area contributed by atoms with Gasteiger partial charge in [-0.1, -0.05) is 18.2 Å². The van der Waals surface area contributed by atoms with Crippen LogP contribution in [-0.4, -0.2) is 27.5 Å². The first-order valence-electron chi connectivity index (χ1n) is 6.37. The second kappa shape index (κ2) is 5.13. The molecule has 0 fully saturated rings. The number of nitrogens with one attached hydrogen (secondary N) is 2. The van der Waals surface area contributed by atoms with Crippen molar-refractivity contribution in [1.82, 2.24) is 15.2 Å². The number of carbonyl (C=O) groups excluding carboxylic acids is 1. The van der Waals surface area contributed by atoms with E-state index in [-0.39, 0.29) is 12.3 Å². The molecule has 5 heteroatoms. The summed E-state index contributed by atoms with van der Waals surface area (Å²) in [5.74, 6) is 0.663. The molecule has 0 spiro atoms. The normalized spacial score (nSPS) is 10.7. The van der Waals surface area contributed by atoms with Crippen LogP contribution in [0.3, 0.4) is 0 Å². The highest BCUT2D eigenvalue weighted by atomic mass is 16.1. The zero-order valence-corrected chi connectivity index (χ0v) is 11.1. The van der Waals surface area contributed by atoms with Gasteiger partial charge in [-0.2, -0.15) is 0 Å². The molecule has 100 valence electrons. The molecular formula is C15H14N4O. The molecule has 2 N–H and O–H groups in total. The van der Waals surface area contributed by atoms with Gasteiger partial charge in [0.15, 0.2) is 0 Å². The van der Waals surface area contributed by atoms with E-state index in [1.165, 1.54) is 6.92 Å². The molecule has 0 saturated carbocycles. The van der Waals surface area contributed by atoms with Crippen LogP contribution in [0.5, 0.6) is 0 Å². The molecule has 0 saturated heterocycles. The molecular weight excluding hydrogens is 252 g/mol. The van der Waals surface area contributed by atoms with Crippen LogP contribution in [0.2, 0.25) is 0 Å². The van der Waals surface area contributed by atoms with Crippen molar-refractivity contribution in [2.45, 2.75) is 6.92 Å². The zero-order chi connectivity index (χ0) is 13.9. The molecule has 5 nitrogen and oxygen atoms in total. The third-order valence-electron chi connectivity index (χ3n) is 3.05. The van der Waals surface area contributed by atoms with Gasteiger partial charge in [0.1, 0.15) is 11.6 Å². The van der Waals surface area contributed by atoms with Crippen molar-refractivity contribution in [3.8, 4) is 11.3 Å². The zero-order valence-electron chi connectivity index (χ0n) is 11.1. The maximum Gasteiger partial charge on any atom is 0.149 e. The number of nitrogens with zero attached hydrogens (tertiary/aromatic N) is 2. The van der Waals surface area contributed by atoms with Gasteiger partial charge in [0.05, 0.1) is 12.2 Å². The maximum atomic E-state index is 10.9. The Morgan fingerprint density at radius 3 is 2.80 bits per heavy atom. The van der Waals surface area contributed by atoms with E-state index >= 15 is 0 Å². The molecule has 0 aliphatic heterocycles. The number of para-hydroxylation sites is 1. The molecule has 0 radical (unpaired) electrons. The van der Waals surface area contributed by atoms with Gasteiger partial charge in [0, 0.05) is 22.7 Å². The molecule has 0 unspecified atom stereocenters. The molecule has 0 amide bonds. The van der Waals surface area contributed by atoms with Crippen LogP contribution in [-0.2, 0) is 4.79 Å². The summed E-state index contributed by atoms with van der Waals surface area (Å²) in [6.45, 7) is 1.79. The van der Waals surface area contributed by atoms with E-state index in [1.54, 1.807) is 0 Å². The number of Topliss-reactive ketones (excluding diaryl/α,β-unsaturated/α-hetero) is 1. The largest absolute Gasteiger partial charge is 0.362 e. The second-order valence-corrected chi connectivity index (χ2v) is 4.61. The highest BCUT2D eigenvalue weighted by Gasteiger charge is 2.07. The number of H-pyrrole nitrogens is 1. The van der Waals surface area contributed by atoms with E-state index in [0.717, 1.165) is 22.2 Å². The third-order valence-corrected chi connectivity index (χ3v) is 3.05. The number of aromatic nitrogens is 3. The molecule has 3 rings (SSSR count). The summed E-state index contributed by atoms with van der Waals surface area (Å²) < 4.78 is 0. The molecule has 2 aromatic heterocycles. The number of carbonyl (C=O) groups is 1. The van der Waals surface area contributed by atoms with Gasteiger partial charge in [-0.25, -0.2) is 0 Å². The van der Waals surface area contributed by atoms with Crippen molar-refractivity contribution >= 4 is 22.5 Å². The van der Waals surface area contributed by atoms with Gasteiger partial charge in [0.2, 0.25) is 0 Å². The fourth-order valence-corrected chi connectivity index (χ4v) is 2.07. The summed E-state index contributed by atoms with van der Waals surface area (Å²) in [6.07, 6.45) is 1.93. The van der Waals surface area contributed by atoms with E-state index in [2.05, 4.69) is 20.5 Å². The Bertz CT molecular complexity index is 746. The minimum Gasteiger partial charge on any atom is -0.362 e. The van der Waals surface area contributed by atoms with Crippen LogP contribution >= 0.6 is 0 Å². The summed E-state index contributed by atoms with van der Waals surface area (Å²) in [5.41, 5.74) is 2.89. The Balaban J connectivity index is 1.89. The average Bonchev–Trinajstić information content (AvgIpc) is 2.89. The van der Waals surface area contributed by atoms with Crippen molar-refractivity contribution in [1.29, 1.82) is 0 Å². The fraction of sp³-hybridized carbons (Fsp3) is 0.133. The van der Waals surface area contributed by atoms with E-state index in [0.29, 0.717) is 5.82 Å². The highest BCUT2D eigenvalue weighted by Crippen LogP contribution is 2.26. The number of anilines is 1. The van der Waals surface area contributed by atoms with E-state index in [1.807, 2.05) is 42.6 Å². The van der Waals surface area contributed by atoms with Crippen LogP contribution < -0.4 is 5.32 Å². The Morgan fingerprint density at radius 2 is 2.05 bits per heavy atom. The van der Waals surface area contributed by atoms with Gasteiger partial charge in [-0.3, -0.25) is 4.79 Å². The minimum atomic E-state index is 0.0625.